The normalized spacial score (nSPS) is 12.4. The fourth-order valence-corrected chi connectivity index (χ4v) is 8.28. The Morgan fingerprint density at radius 1 is 0.345 bits per heavy atom. The van der Waals surface area contributed by atoms with E-state index in [1.54, 1.807) is 0 Å². The van der Waals surface area contributed by atoms with E-state index in [2.05, 4.69) is 212 Å². The molecule has 0 unspecified atom stereocenters. The average Bonchev–Trinajstić information content (AvgIpc) is 3.17. The number of fused-ring (bicyclic) bond motifs is 6. The van der Waals surface area contributed by atoms with Crippen molar-refractivity contribution < 1.29 is 0 Å². The Labute approximate surface area is 326 Å². The second-order valence-corrected chi connectivity index (χ2v) is 17.7. The summed E-state index contributed by atoms with van der Waals surface area (Å²) in [6.45, 7) is 18.2. The first-order valence-electron chi connectivity index (χ1n) is 19.7. The summed E-state index contributed by atoms with van der Waals surface area (Å²) in [5, 5.41) is 5.08. The molecule has 9 rings (SSSR count). The van der Waals surface area contributed by atoms with Crippen molar-refractivity contribution in [2.45, 2.75) is 66.2 Å². The third-order valence-corrected chi connectivity index (χ3v) is 11.7. The fourth-order valence-electron chi connectivity index (χ4n) is 8.28. The Morgan fingerprint density at radius 2 is 0.800 bits per heavy atom. The second-order valence-electron chi connectivity index (χ2n) is 17.7. The first kappa shape index (κ1) is 34.8. The molecule has 0 saturated heterocycles. The zero-order chi connectivity index (χ0) is 38.2. The van der Waals surface area contributed by atoms with Crippen molar-refractivity contribution >= 4 is 38.6 Å². The van der Waals surface area contributed by atoms with E-state index in [0.29, 0.717) is 0 Å². The lowest BCUT2D eigenvalue weighted by molar-refractivity contribution is 0.590. The maximum absolute atomic E-state index is 2.49. The van der Waals surface area contributed by atoms with Crippen LogP contribution in [0.1, 0.15) is 63.8 Å². The Hall–Kier alpha value is -5.92. The molecule has 1 heteroatoms. The van der Waals surface area contributed by atoms with Gasteiger partial charge in [0.1, 0.15) is 0 Å². The number of aryl methyl sites for hydroxylation is 2. The van der Waals surface area contributed by atoms with Gasteiger partial charge < -0.3 is 4.90 Å². The first-order valence-corrected chi connectivity index (χ1v) is 19.7. The van der Waals surface area contributed by atoms with Gasteiger partial charge in [-0.2, -0.15) is 0 Å². The van der Waals surface area contributed by atoms with Crippen LogP contribution in [0.15, 0.2) is 152 Å². The molecule has 1 nitrogen and oxygen atoms in total. The highest BCUT2D eigenvalue weighted by atomic mass is 15.1. The minimum Gasteiger partial charge on any atom is -0.310 e. The predicted octanol–water partition coefficient (Wildman–Crippen LogP) is 15.7. The third kappa shape index (κ3) is 6.22. The van der Waals surface area contributed by atoms with Gasteiger partial charge in [-0.3, -0.25) is 0 Å². The fraction of sp³-hybridized carbons (Fsp3) is 0.185. The Kier molecular flexibility index (Phi) is 8.13. The van der Waals surface area contributed by atoms with Crippen LogP contribution in [0, 0.1) is 13.8 Å². The first-order chi connectivity index (χ1) is 26.3. The number of nitrogens with zero attached hydrogens (tertiary/aromatic N) is 1. The molecule has 0 spiro atoms. The van der Waals surface area contributed by atoms with Crippen LogP contribution in [-0.4, -0.2) is 0 Å². The topological polar surface area (TPSA) is 3.24 Å². The standard InChI is InChI=1S/C54H49N/c1-34-14-16-41(36-12-10-9-11-13-36)32-51(34)55(52-33-45(54(6,7)8)22-15-35(52)2)46-25-21-40-29-48-49-30-42-26-38(37-19-23-44(24-20-37)53(3,4)5)17-18-39(42)28-47(49)50(48)31-43(40)27-46/h9-33H,1-8H3. The van der Waals surface area contributed by atoms with Gasteiger partial charge in [-0.15, -0.1) is 0 Å². The molecule has 0 bridgehead atoms. The van der Waals surface area contributed by atoms with Crippen LogP contribution < -0.4 is 4.90 Å². The zero-order valence-corrected chi connectivity index (χ0v) is 33.4. The number of rotatable bonds is 5. The highest BCUT2D eigenvalue weighted by molar-refractivity contribution is 6.12. The number of anilines is 3. The van der Waals surface area contributed by atoms with Crippen LogP contribution in [0.5, 0.6) is 0 Å². The largest absolute Gasteiger partial charge is 0.310 e. The van der Waals surface area contributed by atoms with Gasteiger partial charge in [0, 0.05) is 17.1 Å². The van der Waals surface area contributed by atoms with Crippen molar-refractivity contribution in [2.75, 3.05) is 4.90 Å². The number of benzene rings is 8. The molecular formula is C54H49N. The SMILES string of the molecule is Cc1ccc(-c2ccccc2)cc1N(c1ccc2cc3c(cc2c1)-c1cc2ccc(-c4ccc(C(C)(C)C)cc4)cc2cc1-3)c1cc(C(C)(C)C)ccc1C. The molecular weight excluding hydrogens is 663 g/mol. The molecule has 0 saturated carbocycles. The average molecular weight is 712 g/mol. The Balaban J connectivity index is 1.13. The summed E-state index contributed by atoms with van der Waals surface area (Å²) < 4.78 is 0. The maximum atomic E-state index is 2.49. The van der Waals surface area contributed by atoms with Crippen LogP contribution in [-0.2, 0) is 10.8 Å². The van der Waals surface area contributed by atoms with Crippen LogP contribution >= 0.6 is 0 Å². The molecule has 0 atom stereocenters. The van der Waals surface area contributed by atoms with Crippen molar-refractivity contribution in [1.82, 2.24) is 0 Å². The van der Waals surface area contributed by atoms with E-state index in [1.807, 2.05) is 0 Å². The highest BCUT2D eigenvalue weighted by Gasteiger charge is 2.26. The van der Waals surface area contributed by atoms with Gasteiger partial charge in [-0.25, -0.2) is 0 Å². The van der Waals surface area contributed by atoms with Gasteiger partial charge in [-0.1, -0.05) is 139 Å². The molecule has 0 radical (unpaired) electrons. The van der Waals surface area contributed by atoms with E-state index in [4.69, 9.17) is 0 Å². The summed E-state index contributed by atoms with van der Waals surface area (Å²) in [4.78, 5) is 2.49. The summed E-state index contributed by atoms with van der Waals surface area (Å²) in [5.74, 6) is 0. The van der Waals surface area contributed by atoms with Crippen molar-refractivity contribution in [3.05, 3.63) is 174 Å². The molecule has 8 aromatic carbocycles. The Morgan fingerprint density at radius 3 is 1.42 bits per heavy atom. The van der Waals surface area contributed by atoms with Crippen molar-refractivity contribution in [2.24, 2.45) is 0 Å². The molecule has 8 aromatic rings. The lowest BCUT2D eigenvalue weighted by atomic mass is 9.77. The summed E-state index contributed by atoms with van der Waals surface area (Å²) in [5.41, 5.74) is 19.2. The van der Waals surface area contributed by atoms with Gasteiger partial charge in [0.25, 0.3) is 0 Å². The molecule has 0 fully saturated rings. The van der Waals surface area contributed by atoms with Crippen molar-refractivity contribution in [1.29, 1.82) is 0 Å². The van der Waals surface area contributed by atoms with Gasteiger partial charge in [-0.05, 0) is 168 Å². The lowest BCUT2D eigenvalue weighted by Gasteiger charge is -2.31. The van der Waals surface area contributed by atoms with E-state index in [-0.39, 0.29) is 10.8 Å². The number of hydrogen-bond acceptors (Lipinski definition) is 1. The number of hydrogen-bond donors (Lipinski definition) is 0. The van der Waals surface area contributed by atoms with E-state index in [9.17, 15) is 0 Å². The summed E-state index contributed by atoms with van der Waals surface area (Å²) in [6, 6.07) is 57.2. The molecule has 55 heavy (non-hydrogen) atoms. The third-order valence-electron chi connectivity index (χ3n) is 11.7. The summed E-state index contributed by atoms with van der Waals surface area (Å²) in [6.07, 6.45) is 0. The van der Waals surface area contributed by atoms with E-state index < -0.39 is 0 Å². The van der Waals surface area contributed by atoms with E-state index in [1.165, 1.54) is 99.7 Å². The smallest absolute Gasteiger partial charge is 0.0497 e. The minimum atomic E-state index is 0.0254. The molecule has 270 valence electrons. The molecule has 0 heterocycles. The van der Waals surface area contributed by atoms with Crippen molar-refractivity contribution in [3.63, 3.8) is 0 Å². The van der Waals surface area contributed by atoms with E-state index in [0.717, 1.165) is 5.69 Å². The Bertz CT molecular complexity index is 2770. The highest BCUT2D eigenvalue weighted by Crippen LogP contribution is 2.51. The second kappa shape index (κ2) is 12.8. The summed E-state index contributed by atoms with van der Waals surface area (Å²) >= 11 is 0. The predicted molar refractivity (Wildman–Crippen MR) is 238 cm³/mol. The zero-order valence-electron chi connectivity index (χ0n) is 33.4. The quantitative estimate of drug-likeness (QED) is 0.172. The molecule has 0 aliphatic heterocycles. The van der Waals surface area contributed by atoms with Crippen molar-refractivity contribution in [3.8, 4) is 44.5 Å². The molecule has 1 aliphatic carbocycles. The lowest BCUT2D eigenvalue weighted by Crippen LogP contribution is -2.16. The van der Waals surface area contributed by atoms with Gasteiger partial charge in [0.2, 0.25) is 0 Å². The van der Waals surface area contributed by atoms with Crippen LogP contribution in [0.2, 0.25) is 0 Å². The van der Waals surface area contributed by atoms with Crippen LogP contribution in [0.3, 0.4) is 0 Å². The van der Waals surface area contributed by atoms with E-state index >= 15 is 0 Å². The van der Waals surface area contributed by atoms with Gasteiger partial charge >= 0.3 is 0 Å². The van der Waals surface area contributed by atoms with Gasteiger partial charge in [0.05, 0.1) is 0 Å². The van der Waals surface area contributed by atoms with Crippen LogP contribution in [0.25, 0.3) is 66.1 Å². The molecule has 0 aromatic heterocycles. The monoisotopic (exact) mass is 711 g/mol. The maximum Gasteiger partial charge on any atom is 0.0497 e. The molecule has 0 amide bonds. The van der Waals surface area contributed by atoms with Crippen LogP contribution in [0.4, 0.5) is 17.1 Å². The summed E-state index contributed by atoms with van der Waals surface area (Å²) in [7, 11) is 0. The molecule has 1 aliphatic rings. The molecule has 0 N–H and O–H groups in total. The van der Waals surface area contributed by atoms with Gasteiger partial charge in [0.15, 0.2) is 0 Å². The minimum absolute atomic E-state index is 0.0254.